The summed E-state index contributed by atoms with van der Waals surface area (Å²) in [6.45, 7) is 35.6. The second kappa shape index (κ2) is 11.9. The second-order valence-electron chi connectivity index (χ2n) is 18.5. The van der Waals surface area contributed by atoms with Crippen molar-refractivity contribution < 1.29 is 20.4 Å². The molecule has 244 valence electrons. The molecule has 0 heterocycles. The van der Waals surface area contributed by atoms with Gasteiger partial charge in [0.1, 0.15) is 17.8 Å². The number of aliphatic hydroxyl groups excluding tert-OH is 3. The lowest BCUT2D eigenvalue weighted by atomic mass is 9.61. The van der Waals surface area contributed by atoms with Gasteiger partial charge in [0, 0.05) is 0 Å². The minimum absolute atomic E-state index is 0.264. The normalized spacial score (nSPS) is 16.3. The van der Waals surface area contributed by atoms with Crippen LogP contribution in [0.25, 0.3) is 0 Å². The molecule has 0 fully saturated rings. The average molecular weight is 597 g/mol. The summed E-state index contributed by atoms with van der Waals surface area (Å²) in [5.74, 6) is 0. The molecule has 0 bridgehead atoms. The van der Waals surface area contributed by atoms with Gasteiger partial charge in [-0.05, 0) is 80.7 Å². The maximum Gasteiger partial charge on any atom is 0.144 e. The first kappa shape index (κ1) is 37.5. The molecule has 4 N–H and O–H groups in total. The van der Waals surface area contributed by atoms with Crippen molar-refractivity contribution in [3.05, 3.63) is 68.8 Å². The highest BCUT2D eigenvalue weighted by atomic mass is 16.4. The molecular weight excluding hydrogens is 532 g/mol. The molecule has 2 aromatic carbocycles. The van der Waals surface area contributed by atoms with Crippen molar-refractivity contribution in [1.29, 1.82) is 0 Å². The number of hydrogen-bond acceptors (Lipinski definition) is 4. The molecule has 0 saturated heterocycles. The quantitative estimate of drug-likeness (QED) is 0.271. The summed E-state index contributed by atoms with van der Waals surface area (Å²) in [7, 11) is 0. The van der Waals surface area contributed by atoms with Crippen LogP contribution < -0.4 is 0 Å². The van der Waals surface area contributed by atoms with Crippen LogP contribution in [0.4, 0.5) is 0 Å². The van der Waals surface area contributed by atoms with E-state index in [1.807, 2.05) is 20.8 Å². The zero-order chi connectivity index (χ0) is 33.9. The third-order valence-electron chi connectivity index (χ3n) is 8.53. The Hall–Kier alpha value is -1.72. The van der Waals surface area contributed by atoms with E-state index in [1.54, 1.807) is 0 Å². The van der Waals surface area contributed by atoms with Crippen LogP contribution >= 0.6 is 0 Å². The summed E-state index contributed by atoms with van der Waals surface area (Å²) in [5, 5.41) is 49.5. The van der Waals surface area contributed by atoms with Gasteiger partial charge in [0.15, 0.2) is 0 Å². The Bertz CT molecular complexity index is 1130. The summed E-state index contributed by atoms with van der Waals surface area (Å²) in [5.41, 5.74) is 3.05. The van der Waals surface area contributed by atoms with Gasteiger partial charge < -0.3 is 20.4 Å². The molecule has 0 aromatic heterocycles. The van der Waals surface area contributed by atoms with Gasteiger partial charge in [-0.15, -0.1) is 0 Å². The Kier molecular flexibility index (Phi) is 10.4. The summed E-state index contributed by atoms with van der Waals surface area (Å²) in [6.07, 6.45) is -4.31. The first-order valence-electron chi connectivity index (χ1n) is 16.0. The van der Waals surface area contributed by atoms with Crippen LogP contribution in [-0.2, 0) is 27.3 Å². The van der Waals surface area contributed by atoms with Crippen LogP contribution in [0.1, 0.15) is 155 Å². The van der Waals surface area contributed by atoms with Crippen molar-refractivity contribution in [2.75, 3.05) is 0 Å². The van der Waals surface area contributed by atoms with Crippen LogP contribution in [0.5, 0.6) is 0 Å². The van der Waals surface area contributed by atoms with Crippen molar-refractivity contribution in [3.63, 3.8) is 0 Å². The molecule has 3 atom stereocenters. The molecule has 0 amide bonds. The lowest BCUT2D eigenvalue weighted by Gasteiger charge is -2.47. The van der Waals surface area contributed by atoms with Gasteiger partial charge in [0.05, 0.1) is 6.10 Å². The van der Waals surface area contributed by atoms with E-state index in [4.69, 9.17) is 0 Å². The van der Waals surface area contributed by atoms with E-state index in [0.29, 0.717) is 11.1 Å². The van der Waals surface area contributed by atoms with Crippen molar-refractivity contribution >= 4 is 0 Å². The summed E-state index contributed by atoms with van der Waals surface area (Å²) in [4.78, 5) is 0. The smallest absolute Gasteiger partial charge is 0.144 e. The second-order valence-corrected chi connectivity index (χ2v) is 18.5. The molecule has 1 unspecified atom stereocenters. The van der Waals surface area contributed by atoms with E-state index in [1.165, 1.54) is 0 Å². The molecule has 4 heteroatoms. The maximum atomic E-state index is 13.8. The molecule has 2 rings (SSSR count). The predicted octanol–water partition coefficient (Wildman–Crippen LogP) is 8.25. The zero-order valence-electron chi connectivity index (χ0n) is 30.5. The number of rotatable bonds is 6. The van der Waals surface area contributed by atoms with E-state index < -0.39 is 45.6 Å². The van der Waals surface area contributed by atoms with Crippen LogP contribution in [0.15, 0.2) is 24.3 Å². The Balaban J connectivity index is 3.40. The molecule has 0 aliphatic rings. The molecule has 0 aliphatic heterocycles. The predicted molar refractivity (Wildman–Crippen MR) is 182 cm³/mol. The van der Waals surface area contributed by atoms with Gasteiger partial charge in [-0.25, -0.2) is 0 Å². The first-order valence-corrected chi connectivity index (χ1v) is 16.0. The van der Waals surface area contributed by atoms with Crippen molar-refractivity contribution in [2.24, 2.45) is 5.41 Å². The van der Waals surface area contributed by atoms with Crippen LogP contribution in [0, 0.1) is 19.3 Å². The van der Waals surface area contributed by atoms with Crippen LogP contribution in [0.3, 0.4) is 0 Å². The van der Waals surface area contributed by atoms with E-state index in [9.17, 15) is 20.4 Å². The Morgan fingerprint density at radius 1 is 0.512 bits per heavy atom. The van der Waals surface area contributed by atoms with Gasteiger partial charge in [-0.2, -0.15) is 0 Å². The van der Waals surface area contributed by atoms with Crippen molar-refractivity contribution in [1.82, 2.24) is 0 Å². The molecular formula is C39H64O4. The third kappa shape index (κ3) is 8.12. The summed E-state index contributed by atoms with van der Waals surface area (Å²) in [6, 6.07) is 8.45. The lowest BCUT2D eigenvalue weighted by Crippen LogP contribution is -2.55. The maximum absolute atomic E-state index is 13.8. The Morgan fingerprint density at radius 2 is 0.767 bits per heavy atom. The summed E-state index contributed by atoms with van der Waals surface area (Å²) < 4.78 is 0. The number of aliphatic hydroxyl groups is 4. The highest BCUT2D eigenvalue weighted by Crippen LogP contribution is 2.51. The molecule has 2 aromatic rings. The molecule has 0 spiro atoms. The Morgan fingerprint density at radius 3 is 0.977 bits per heavy atom. The van der Waals surface area contributed by atoms with Gasteiger partial charge >= 0.3 is 0 Å². The van der Waals surface area contributed by atoms with Crippen LogP contribution in [-0.4, -0.2) is 38.7 Å². The monoisotopic (exact) mass is 596 g/mol. The van der Waals surface area contributed by atoms with Crippen LogP contribution in [0.2, 0.25) is 0 Å². The largest absolute Gasteiger partial charge is 0.390 e. The van der Waals surface area contributed by atoms with E-state index >= 15 is 0 Å². The minimum atomic E-state index is -2.06. The minimum Gasteiger partial charge on any atom is -0.390 e. The number of benzene rings is 2. The highest BCUT2D eigenvalue weighted by molar-refractivity contribution is 5.59. The van der Waals surface area contributed by atoms with Crippen molar-refractivity contribution in [3.8, 4) is 0 Å². The Labute approximate surface area is 264 Å². The van der Waals surface area contributed by atoms with Gasteiger partial charge in [-0.3, -0.25) is 0 Å². The average Bonchev–Trinajstić information content (AvgIpc) is 2.78. The summed E-state index contributed by atoms with van der Waals surface area (Å²) >= 11 is 0. The molecule has 0 saturated carbocycles. The zero-order valence-corrected chi connectivity index (χ0v) is 30.5. The SMILES string of the molecule is Cc1cc(C(C)(C)C)c(C(O)(c2c(C(C)(C)C)cc(C)cc2C(C)(C)C)[C@@H](O)[C@@H](O)C(O)CC(C)(C)C)c(C(C)(C)C)c1. The highest BCUT2D eigenvalue weighted by Gasteiger charge is 2.53. The standard InChI is InChI=1S/C39H64O4/c1-23-18-25(35(6,7)8)30(26(19-23)36(9,10)11)39(43,33(42)32(41)29(40)22-34(3,4)5)31-27(37(12,13)14)20-24(2)21-28(31)38(15,16)17/h18-21,29,32-33,40-43H,22H2,1-17H3/t29?,32-,33-/m0/s1. The third-order valence-corrected chi connectivity index (χ3v) is 8.53. The molecule has 4 nitrogen and oxygen atoms in total. The van der Waals surface area contributed by atoms with Gasteiger partial charge in [0.25, 0.3) is 0 Å². The fourth-order valence-electron chi connectivity index (χ4n) is 6.39. The topological polar surface area (TPSA) is 80.9 Å². The van der Waals surface area contributed by atoms with E-state index in [2.05, 4.69) is 121 Å². The lowest BCUT2D eigenvalue weighted by molar-refractivity contribution is -0.146. The van der Waals surface area contributed by atoms with Crippen molar-refractivity contribution in [2.45, 2.75) is 170 Å². The molecule has 0 aliphatic carbocycles. The van der Waals surface area contributed by atoms with Gasteiger partial charge in [-0.1, -0.05) is 139 Å². The van der Waals surface area contributed by atoms with Gasteiger partial charge in [0.2, 0.25) is 0 Å². The first-order chi connectivity index (χ1) is 18.9. The van der Waals surface area contributed by atoms with E-state index in [0.717, 1.165) is 33.4 Å². The number of aryl methyl sites for hydroxylation is 2. The number of hydrogen-bond donors (Lipinski definition) is 4. The fourth-order valence-corrected chi connectivity index (χ4v) is 6.39. The molecule has 0 radical (unpaired) electrons. The van der Waals surface area contributed by atoms with E-state index in [-0.39, 0.29) is 11.8 Å². The molecule has 43 heavy (non-hydrogen) atoms. The fraction of sp³-hybridized carbons (Fsp3) is 0.692.